The van der Waals surface area contributed by atoms with Crippen LogP contribution >= 0.6 is 0 Å². The highest BCUT2D eigenvalue weighted by molar-refractivity contribution is 5.94. The van der Waals surface area contributed by atoms with Crippen molar-refractivity contribution in [1.29, 1.82) is 0 Å². The number of aliphatic hydroxyl groups excluding tert-OH is 1. The number of nitrogens with one attached hydrogen (secondary N) is 1. The number of hydrogen-bond donors (Lipinski definition) is 2. The molecule has 0 heterocycles. The summed E-state index contributed by atoms with van der Waals surface area (Å²) >= 11 is 0. The number of aliphatic hydroxyl groups is 1. The van der Waals surface area contributed by atoms with Crippen LogP contribution in [-0.4, -0.2) is 50.6 Å². The third-order valence-electron chi connectivity index (χ3n) is 3.36. The highest BCUT2D eigenvalue weighted by atomic mass is 16.5. The van der Waals surface area contributed by atoms with Crippen LogP contribution in [0.25, 0.3) is 0 Å². The first-order valence-electron chi connectivity index (χ1n) is 8.44. The van der Waals surface area contributed by atoms with Crippen LogP contribution in [0.2, 0.25) is 0 Å². The summed E-state index contributed by atoms with van der Waals surface area (Å²) < 4.78 is 10.8. The third kappa shape index (κ3) is 10.8. The topological polar surface area (TPSA) is 67.8 Å². The van der Waals surface area contributed by atoms with Gasteiger partial charge in [-0.2, -0.15) is 0 Å². The van der Waals surface area contributed by atoms with Crippen molar-refractivity contribution < 1.29 is 19.4 Å². The third-order valence-corrected chi connectivity index (χ3v) is 3.36. The Kier molecular flexibility index (Phi) is 12.1. The van der Waals surface area contributed by atoms with Gasteiger partial charge in [-0.1, -0.05) is 18.2 Å². The van der Waals surface area contributed by atoms with E-state index in [4.69, 9.17) is 14.6 Å². The smallest absolute Gasteiger partial charge is 0.251 e. The number of benzene rings is 1. The Labute approximate surface area is 139 Å². The molecule has 0 aliphatic heterocycles. The SMILES string of the molecule is O=C(NCCCCCOCCOCCCCO)c1ccccc1. The summed E-state index contributed by atoms with van der Waals surface area (Å²) in [4.78, 5) is 11.8. The Morgan fingerprint density at radius 3 is 2.17 bits per heavy atom. The van der Waals surface area contributed by atoms with Crippen molar-refractivity contribution >= 4 is 5.91 Å². The molecule has 0 spiro atoms. The molecule has 130 valence electrons. The Morgan fingerprint density at radius 2 is 1.52 bits per heavy atom. The minimum absolute atomic E-state index is 0.0137. The van der Waals surface area contributed by atoms with E-state index in [1.807, 2.05) is 30.3 Å². The van der Waals surface area contributed by atoms with Crippen LogP contribution < -0.4 is 5.32 Å². The Hall–Kier alpha value is -1.43. The van der Waals surface area contributed by atoms with Crippen LogP contribution in [0.15, 0.2) is 30.3 Å². The molecular weight excluding hydrogens is 294 g/mol. The van der Waals surface area contributed by atoms with Crippen LogP contribution in [0.3, 0.4) is 0 Å². The predicted molar refractivity (Wildman–Crippen MR) is 90.6 cm³/mol. The number of carbonyl (C=O) groups is 1. The molecule has 0 radical (unpaired) electrons. The molecule has 5 heteroatoms. The maximum Gasteiger partial charge on any atom is 0.251 e. The summed E-state index contributed by atoms with van der Waals surface area (Å²) in [6.07, 6.45) is 4.67. The van der Waals surface area contributed by atoms with Gasteiger partial charge in [-0.25, -0.2) is 0 Å². The molecular formula is C18H29NO4. The molecule has 0 unspecified atom stereocenters. The van der Waals surface area contributed by atoms with E-state index in [-0.39, 0.29) is 12.5 Å². The Bertz CT molecular complexity index is 397. The van der Waals surface area contributed by atoms with Crippen LogP contribution in [0, 0.1) is 0 Å². The number of hydrogen-bond acceptors (Lipinski definition) is 4. The van der Waals surface area contributed by atoms with Gasteiger partial charge in [0.05, 0.1) is 13.2 Å². The minimum Gasteiger partial charge on any atom is -0.396 e. The first-order chi connectivity index (χ1) is 11.3. The molecule has 23 heavy (non-hydrogen) atoms. The molecule has 0 saturated carbocycles. The fraction of sp³-hybridized carbons (Fsp3) is 0.611. The lowest BCUT2D eigenvalue weighted by atomic mass is 10.2. The highest BCUT2D eigenvalue weighted by Gasteiger charge is 2.02. The van der Waals surface area contributed by atoms with E-state index in [9.17, 15) is 4.79 Å². The van der Waals surface area contributed by atoms with Crippen LogP contribution in [-0.2, 0) is 9.47 Å². The molecule has 0 aromatic heterocycles. The molecule has 1 aromatic carbocycles. The molecule has 0 fully saturated rings. The number of carbonyl (C=O) groups excluding carboxylic acids is 1. The molecule has 1 aromatic rings. The zero-order chi connectivity index (χ0) is 16.6. The number of amides is 1. The molecule has 2 N–H and O–H groups in total. The molecule has 0 saturated heterocycles. The first-order valence-corrected chi connectivity index (χ1v) is 8.44. The molecule has 0 aliphatic rings. The normalized spacial score (nSPS) is 10.7. The van der Waals surface area contributed by atoms with E-state index >= 15 is 0 Å². The predicted octanol–water partition coefficient (Wildman–Crippen LogP) is 2.39. The largest absolute Gasteiger partial charge is 0.396 e. The quantitative estimate of drug-likeness (QED) is 0.516. The fourth-order valence-electron chi connectivity index (χ4n) is 2.04. The summed E-state index contributed by atoms with van der Waals surface area (Å²) in [5.74, 6) is -0.0137. The van der Waals surface area contributed by atoms with E-state index in [1.165, 1.54) is 0 Å². The van der Waals surface area contributed by atoms with Crippen molar-refractivity contribution in [2.75, 3.05) is 39.6 Å². The summed E-state index contributed by atoms with van der Waals surface area (Å²) in [5, 5.41) is 11.5. The molecule has 5 nitrogen and oxygen atoms in total. The van der Waals surface area contributed by atoms with Gasteiger partial charge in [0.15, 0.2) is 0 Å². The van der Waals surface area contributed by atoms with E-state index in [0.29, 0.717) is 31.9 Å². The van der Waals surface area contributed by atoms with Gasteiger partial charge in [-0.3, -0.25) is 4.79 Å². The summed E-state index contributed by atoms with van der Waals surface area (Å²) in [5.41, 5.74) is 0.704. The van der Waals surface area contributed by atoms with Gasteiger partial charge in [-0.15, -0.1) is 0 Å². The second-order valence-corrected chi connectivity index (χ2v) is 5.34. The number of rotatable bonds is 14. The Morgan fingerprint density at radius 1 is 0.870 bits per heavy atom. The van der Waals surface area contributed by atoms with E-state index < -0.39 is 0 Å². The lowest BCUT2D eigenvalue weighted by molar-refractivity contribution is 0.0439. The van der Waals surface area contributed by atoms with Crippen molar-refractivity contribution in [1.82, 2.24) is 5.32 Å². The van der Waals surface area contributed by atoms with Crippen molar-refractivity contribution in [3.05, 3.63) is 35.9 Å². The molecule has 0 bridgehead atoms. The van der Waals surface area contributed by atoms with Crippen LogP contribution in [0.5, 0.6) is 0 Å². The average molecular weight is 323 g/mol. The van der Waals surface area contributed by atoms with E-state index in [2.05, 4.69) is 5.32 Å². The monoisotopic (exact) mass is 323 g/mol. The van der Waals surface area contributed by atoms with Gasteiger partial charge >= 0.3 is 0 Å². The van der Waals surface area contributed by atoms with Gasteiger partial charge < -0.3 is 19.9 Å². The highest BCUT2D eigenvalue weighted by Crippen LogP contribution is 1.99. The molecule has 1 rings (SSSR count). The Balaban J connectivity index is 1.82. The number of ether oxygens (including phenoxy) is 2. The van der Waals surface area contributed by atoms with Gasteiger partial charge in [0.2, 0.25) is 0 Å². The summed E-state index contributed by atoms with van der Waals surface area (Å²) in [6, 6.07) is 9.26. The van der Waals surface area contributed by atoms with Gasteiger partial charge in [0, 0.05) is 31.9 Å². The zero-order valence-corrected chi connectivity index (χ0v) is 13.8. The second kappa shape index (κ2) is 14.2. The molecule has 0 aliphatic carbocycles. The minimum atomic E-state index is -0.0137. The standard InChI is InChI=1S/C18H29NO4/c20-12-6-8-14-23-16-15-22-13-7-2-5-11-19-18(21)17-9-3-1-4-10-17/h1,3-4,9-10,20H,2,5-8,11-16H2,(H,19,21). The van der Waals surface area contributed by atoms with Crippen molar-refractivity contribution in [3.8, 4) is 0 Å². The first kappa shape index (κ1) is 19.6. The average Bonchev–Trinajstić information content (AvgIpc) is 2.59. The maximum atomic E-state index is 11.8. The lowest BCUT2D eigenvalue weighted by Crippen LogP contribution is -2.24. The lowest BCUT2D eigenvalue weighted by Gasteiger charge is -2.07. The maximum absolute atomic E-state index is 11.8. The summed E-state index contributed by atoms with van der Waals surface area (Å²) in [7, 11) is 0. The van der Waals surface area contributed by atoms with E-state index in [1.54, 1.807) is 0 Å². The number of unbranched alkanes of at least 4 members (excludes halogenated alkanes) is 3. The summed E-state index contributed by atoms with van der Waals surface area (Å²) in [6.45, 7) is 3.56. The van der Waals surface area contributed by atoms with Gasteiger partial charge in [0.25, 0.3) is 5.91 Å². The second-order valence-electron chi connectivity index (χ2n) is 5.34. The van der Waals surface area contributed by atoms with Crippen molar-refractivity contribution in [2.24, 2.45) is 0 Å². The fourth-order valence-corrected chi connectivity index (χ4v) is 2.04. The van der Waals surface area contributed by atoms with Gasteiger partial charge in [-0.05, 0) is 44.2 Å². The van der Waals surface area contributed by atoms with Crippen molar-refractivity contribution in [2.45, 2.75) is 32.1 Å². The molecule has 0 atom stereocenters. The molecule has 1 amide bonds. The van der Waals surface area contributed by atoms with E-state index in [0.717, 1.165) is 38.7 Å². The van der Waals surface area contributed by atoms with Gasteiger partial charge in [0.1, 0.15) is 0 Å². The zero-order valence-electron chi connectivity index (χ0n) is 13.8. The van der Waals surface area contributed by atoms with Crippen LogP contribution in [0.4, 0.5) is 0 Å². The van der Waals surface area contributed by atoms with Crippen molar-refractivity contribution in [3.63, 3.8) is 0 Å². The van der Waals surface area contributed by atoms with Crippen LogP contribution in [0.1, 0.15) is 42.5 Å².